The molecule has 6 heteroatoms. The van der Waals surface area contributed by atoms with Gasteiger partial charge >= 0.3 is 0 Å². The number of hydrogen-bond donors (Lipinski definition) is 0. The van der Waals surface area contributed by atoms with Crippen LogP contribution in [0.25, 0.3) is 0 Å². The SMILES string of the molecule is C#CCO[C@@H]1[C@@H](OC(=S)SC)[C@@H](OC)O[C@@H]1CCCC. The Morgan fingerprint density at radius 2 is 2.20 bits per heavy atom. The van der Waals surface area contributed by atoms with Crippen molar-refractivity contribution in [1.29, 1.82) is 0 Å². The van der Waals surface area contributed by atoms with Gasteiger partial charge in [0.15, 0.2) is 12.4 Å². The Morgan fingerprint density at radius 3 is 2.75 bits per heavy atom. The summed E-state index contributed by atoms with van der Waals surface area (Å²) in [4.78, 5) is 0. The molecule has 4 nitrogen and oxygen atoms in total. The minimum Gasteiger partial charge on any atom is -0.467 e. The summed E-state index contributed by atoms with van der Waals surface area (Å²) >= 11 is 6.49. The monoisotopic (exact) mass is 318 g/mol. The predicted octanol–water partition coefficient (Wildman–Crippen LogP) is 2.60. The molecule has 0 N–H and O–H groups in total. The Morgan fingerprint density at radius 1 is 1.45 bits per heavy atom. The molecule has 0 unspecified atom stereocenters. The van der Waals surface area contributed by atoms with E-state index in [1.807, 2.05) is 6.26 Å². The molecule has 114 valence electrons. The van der Waals surface area contributed by atoms with E-state index >= 15 is 0 Å². The lowest BCUT2D eigenvalue weighted by Gasteiger charge is -2.23. The van der Waals surface area contributed by atoms with Gasteiger partial charge in [0.2, 0.25) is 4.38 Å². The number of rotatable bonds is 7. The Bertz CT molecular complexity index is 343. The molecule has 0 aromatic rings. The fourth-order valence-corrected chi connectivity index (χ4v) is 2.47. The molecule has 0 radical (unpaired) electrons. The van der Waals surface area contributed by atoms with E-state index in [1.54, 1.807) is 7.11 Å². The molecule has 0 saturated carbocycles. The number of ether oxygens (including phenoxy) is 4. The number of thiocarbonyl (C=S) groups is 1. The maximum Gasteiger partial charge on any atom is 0.220 e. The summed E-state index contributed by atoms with van der Waals surface area (Å²) < 4.78 is 23.1. The van der Waals surface area contributed by atoms with E-state index in [0.717, 1.165) is 19.3 Å². The molecule has 1 heterocycles. The van der Waals surface area contributed by atoms with Crippen molar-refractivity contribution in [2.24, 2.45) is 0 Å². The van der Waals surface area contributed by atoms with Crippen molar-refractivity contribution < 1.29 is 18.9 Å². The first kappa shape index (κ1) is 17.7. The average Bonchev–Trinajstić information content (AvgIpc) is 2.79. The van der Waals surface area contributed by atoms with E-state index in [-0.39, 0.29) is 24.9 Å². The van der Waals surface area contributed by atoms with Crippen LogP contribution in [0.5, 0.6) is 0 Å². The lowest BCUT2D eigenvalue weighted by Crippen LogP contribution is -2.39. The van der Waals surface area contributed by atoms with Gasteiger partial charge in [-0.15, -0.1) is 6.42 Å². The third kappa shape index (κ3) is 4.90. The quantitative estimate of drug-likeness (QED) is 0.530. The third-order valence-electron chi connectivity index (χ3n) is 3.10. The Labute approximate surface area is 130 Å². The van der Waals surface area contributed by atoms with Gasteiger partial charge in [-0.2, -0.15) is 0 Å². The predicted molar refractivity (Wildman–Crippen MR) is 84.8 cm³/mol. The van der Waals surface area contributed by atoms with Gasteiger partial charge in [0.05, 0.1) is 6.10 Å². The molecule has 4 atom stereocenters. The molecule has 1 saturated heterocycles. The van der Waals surface area contributed by atoms with E-state index in [4.69, 9.17) is 37.6 Å². The van der Waals surface area contributed by atoms with Gasteiger partial charge in [0.25, 0.3) is 0 Å². The summed E-state index contributed by atoms with van der Waals surface area (Å²) in [6.07, 6.45) is 8.97. The van der Waals surface area contributed by atoms with Crippen molar-refractivity contribution in [3.05, 3.63) is 0 Å². The Kier molecular flexibility index (Phi) is 8.50. The molecule has 0 aromatic carbocycles. The van der Waals surface area contributed by atoms with E-state index in [2.05, 4.69) is 12.8 Å². The number of terminal acetylenes is 1. The van der Waals surface area contributed by atoms with Crippen LogP contribution in [-0.2, 0) is 18.9 Å². The molecule has 1 aliphatic rings. The van der Waals surface area contributed by atoms with Crippen molar-refractivity contribution in [3.63, 3.8) is 0 Å². The highest BCUT2D eigenvalue weighted by Gasteiger charge is 2.47. The number of methoxy groups -OCH3 is 1. The first-order valence-corrected chi connectivity index (χ1v) is 8.29. The molecule has 0 aliphatic carbocycles. The molecule has 0 spiro atoms. The van der Waals surface area contributed by atoms with Gasteiger partial charge in [-0.05, 0) is 24.9 Å². The molecule has 1 aliphatic heterocycles. The van der Waals surface area contributed by atoms with E-state index in [9.17, 15) is 0 Å². The number of hydrogen-bond acceptors (Lipinski definition) is 6. The molecule has 0 bridgehead atoms. The van der Waals surface area contributed by atoms with Crippen LogP contribution in [-0.4, -0.2) is 49.0 Å². The molecule has 0 aromatic heterocycles. The highest BCUT2D eigenvalue weighted by Crippen LogP contribution is 2.31. The minimum absolute atomic E-state index is 0.0806. The highest BCUT2D eigenvalue weighted by molar-refractivity contribution is 8.22. The van der Waals surface area contributed by atoms with Crippen LogP contribution in [0, 0.1) is 12.3 Å². The molecule has 0 amide bonds. The normalized spacial score (nSPS) is 29.1. The van der Waals surface area contributed by atoms with Crippen LogP contribution in [0.1, 0.15) is 26.2 Å². The van der Waals surface area contributed by atoms with Gasteiger partial charge < -0.3 is 18.9 Å². The van der Waals surface area contributed by atoms with Crippen molar-refractivity contribution in [2.75, 3.05) is 20.0 Å². The van der Waals surface area contributed by atoms with Gasteiger partial charge in [-0.1, -0.05) is 37.4 Å². The largest absolute Gasteiger partial charge is 0.467 e. The second kappa shape index (κ2) is 9.59. The van der Waals surface area contributed by atoms with Crippen LogP contribution in [0.4, 0.5) is 0 Å². The van der Waals surface area contributed by atoms with Gasteiger partial charge in [0, 0.05) is 7.11 Å². The van der Waals surface area contributed by atoms with Gasteiger partial charge in [-0.3, -0.25) is 0 Å². The number of thioether (sulfide) groups is 1. The molecule has 1 fully saturated rings. The molecule has 1 rings (SSSR count). The van der Waals surface area contributed by atoms with Crippen molar-refractivity contribution in [3.8, 4) is 12.3 Å². The third-order valence-corrected chi connectivity index (χ3v) is 4.13. The van der Waals surface area contributed by atoms with E-state index in [1.165, 1.54) is 11.8 Å². The topological polar surface area (TPSA) is 36.9 Å². The zero-order chi connectivity index (χ0) is 15.0. The summed E-state index contributed by atoms with van der Waals surface area (Å²) in [7, 11) is 1.59. The first-order valence-electron chi connectivity index (χ1n) is 6.65. The lowest BCUT2D eigenvalue weighted by atomic mass is 10.1. The summed E-state index contributed by atoms with van der Waals surface area (Å²) in [6, 6.07) is 0. The van der Waals surface area contributed by atoms with Crippen LogP contribution in [0.3, 0.4) is 0 Å². The van der Waals surface area contributed by atoms with E-state index < -0.39 is 6.29 Å². The fourth-order valence-electron chi connectivity index (χ4n) is 2.15. The fraction of sp³-hybridized carbons (Fsp3) is 0.786. The van der Waals surface area contributed by atoms with Gasteiger partial charge in [0.1, 0.15) is 12.7 Å². The average molecular weight is 318 g/mol. The first-order chi connectivity index (χ1) is 9.67. The van der Waals surface area contributed by atoms with Crippen LogP contribution in [0.15, 0.2) is 0 Å². The molecule has 20 heavy (non-hydrogen) atoms. The second-order valence-electron chi connectivity index (χ2n) is 4.44. The van der Waals surface area contributed by atoms with Crippen molar-refractivity contribution >= 4 is 28.4 Å². The number of unbranched alkanes of at least 4 members (excludes halogenated alkanes) is 1. The van der Waals surface area contributed by atoms with Crippen LogP contribution >= 0.6 is 24.0 Å². The van der Waals surface area contributed by atoms with E-state index in [0.29, 0.717) is 4.38 Å². The zero-order valence-corrected chi connectivity index (χ0v) is 13.8. The Hall–Kier alpha value is -0.320. The smallest absolute Gasteiger partial charge is 0.220 e. The highest BCUT2D eigenvalue weighted by atomic mass is 32.2. The summed E-state index contributed by atoms with van der Waals surface area (Å²) in [5.74, 6) is 2.48. The van der Waals surface area contributed by atoms with Gasteiger partial charge in [-0.25, -0.2) is 0 Å². The summed E-state index contributed by atoms with van der Waals surface area (Å²) in [6.45, 7) is 2.36. The minimum atomic E-state index is -0.482. The lowest BCUT2D eigenvalue weighted by molar-refractivity contribution is -0.145. The van der Waals surface area contributed by atoms with Crippen LogP contribution in [0.2, 0.25) is 0 Å². The van der Waals surface area contributed by atoms with Crippen LogP contribution < -0.4 is 0 Å². The zero-order valence-electron chi connectivity index (χ0n) is 12.2. The Balaban J connectivity index is 2.77. The summed E-state index contributed by atoms with van der Waals surface area (Å²) in [5.41, 5.74) is 0. The maximum atomic E-state index is 5.87. The summed E-state index contributed by atoms with van der Waals surface area (Å²) in [5, 5.41) is 0. The standard InChI is InChI=1S/C14H22O4S2/c1-5-7-8-10-11(16-9-6-2)12(13(15-3)17-10)18-14(19)20-4/h2,10-13H,5,7-9H2,1,3-4H3/t10-,11+,12-,13+/m1/s1. The molecular formula is C14H22O4S2. The second-order valence-corrected chi connectivity index (χ2v) is 5.85. The van der Waals surface area contributed by atoms with Crippen molar-refractivity contribution in [2.45, 2.75) is 50.8 Å². The maximum absolute atomic E-state index is 5.87. The van der Waals surface area contributed by atoms with Crippen molar-refractivity contribution in [1.82, 2.24) is 0 Å². The molecular weight excluding hydrogens is 296 g/mol.